The van der Waals surface area contributed by atoms with Gasteiger partial charge in [-0.3, -0.25) is 9.89 Å². The molecule has 0 atom stereocenters. The number of aromatic amines is 1. The molecule has 0 bridgehead atoms. The van der Waals surface area contributed by atoms with E-state index < -0.39 is 0 Å². The van der Waals surface area contributed by atoms with Gasteiger partial charge in [0, 0.05) is 25.3 Å². The lowest BCUT2D eigenvalue weighted by Crippen LogP contribution is -2.34. The molecule has 1 aromatic heterocycles. The summed E-state index contributed by atoms with van der Waals surface area (Å²) in [7, 11) is 2.10. The third-order valence-electron chi connectivity index (χ3n) is 3.45. The molecule has 0 unspecified atom stereocenters. The Balaban J connectivity index is 2.05. The van der Waals surface area contributed by atoms with Gasteiger partial charge in [0.05, 0.1) is 0 Å². The first-order valence-corrected chi connectivity index (χ1v) is 6.61. The van der Waals surface area contributed by atoms with E-state index in [1.54, 1.807) is 0 Å². The molecule has 2 heterocycles. The van der Waals surface area contributed by atoms with Gasteiger partial charge in [0.25, 0.3) is 5.91 Å². The summed E-state index contributed by atoms with van der Waals surface area (Å²) in [5.41, 5.74) is 1.56. The Kier molecular flexibility index (Phi) is 4.01. The first kappa shape index (κ1) is 13.1. The minimum atomic E-state index is 0.0495. The fraction of sp³-hybridized carbons (Fsp3) is 0.692. The molecule has 1 aliphatic heterocycles. The van der Waals surface area contributed by atoms with Gasteiger partial charge in [0.2, 0.25) is 0 Å². The summed E-state index contributed by atoms with van der Waals surface area (Å²) < 4.78 is 0. The Morgan fingerprint density at radius 2 is 2.11 bits per heavy atom. The number of carbonyl (C=O) groups is 1. The SMILES string of the molecule is CC(C)c1cc(C(=O)N2CCCN(C)CC2)n[nH]1. The molecular formula is C13H22N4O. The van der Waals surface area contributed by atoms with Crippen LogP contribution in [0.4, 0.5) is 0 Å². The van der Waals surface area contributed by atoms with Crippen LogP contribution in [-0.2, 0) is 0 Å². The van der Waals surface area contributed by atoms with Gasteiger partial charge < -0.3 is 9.80 Å². The lowest BCUT2D eigenvalue weighted by Gasteiger charge is -2.19. The molecule has 0 saturated carbocycles. The van der Waals surface area contributed by atoms with E-state index in [0.29, 0.717) is 11.6 Å². The molecule has 1 fully saturated rings. The Hall–Kier alpha value is -1.36. The molecule has 1 saturated heterocycles. The molecule has 0 radical (unpaired) electrons. The number of H-pyrrole nitrogens is 1. The summed E-state index contributed by atoms with van der Waals surface area (Å²) in [6.07, 6.45) is 1.03. The van der Waals surface area contributed by atoms with Crippen LogP contribution in [-0.4, -0.2) is 59.1 Å². The highest BCUT2D eigenvalue weighted by molar-refractivity contribution is 5.92. The molecule has 100 valence electrons. The van der Waals surface area contributed by atoms with Crippen molar-refractivity contribution in [2.45, 2.75) is 26.2 Å². The van der Waals surface area contributed by atoms with Gasteiger partial charge in [-0.05, 0) is 32.0 Å². The number of aromatic nitrogens is 2. The van der Waals surface area contributed by atoms with Crippen molar-refractivity contribution in [1.29, 1.82) is 0 Å². The molecule has 1 aromatic rings. The molecule has 5 heteroatoms. The number of nitrogens with zero attached hydrogens (tertiary/aromatic N) is 3. The van der Waals surface area contributed by atoms with Crippen LogP contribution in [0.2, 0.25) is 0 Å². The molecule has 0 aromatic carbocycles. The third-order valence-corrected chi connectivity index (χ3v) is 3.45. The largest absolute Gasteiger partial charge is 0.336 e. The third kappa shape index (κ3) is 2.90. The summed E-state index contributed by atoms with van der Waals surface area (Å²) in [6.45, 7) is 7.78. The van der Waals surface area contributed by atoms with Crippen molar-refractivity contribution in [3.8, 4) is 0 Å². The Morgan fingerprint density at radius 1 is 1.33 bits per heavy atom. The average molecular weight is 250 g/mol. The Bertz CT molecular complexity index is 413. The molecule has 1 amide bonds. The van der Waals surface area contributed by atoms with E-state index in [1.165, 1.54) is 0 Å². The van der Waals surface area contributed by atoms with Gasteiger partial charge in [0.15, 0.2) is 0 Å². The Morgan fingerprint density at radius 3 is 2.78 bits per heavy atom. The van der Waals surface area contributed by atoms with Crippen LogP contribution < -0.4 is 0 Å². The molecule has 5 nitrogen and oxygen atoms in total. The van der Waals surface area contributed by atoms with Crippen molar-refractivity contribution in [1.82, 2.24) is 20.0 Å². The van der Waals surface area contributed by atoms with Crippen LogP contribution in [0.5, 0.6) is 0 Å². The second-order valence-corrected chi connectivity index (χ2v) is 5.31. The smallest absolute Gasteiger partial charge is 0.274 e. The van der Waals surface area contributed by atoms with Crippen LogP contribution in [0.25, 0.3) is 0 Å². The van der Waals surface area contributed by atoms with Gasteiger partial charge >= 0.3 is 0 Å². The number of nitrogens with one attached hydrogen (secondary N) is 1. The highest BCUT2D eigenvalue weighted by Crippen LogP contribution is 2.14. The number of hydrogen-bond donors (Lipinski definition) is 1. The molecular weight excluding hydrogens is 228 g/mol. The van der Waals surface area contributed by atoms with Crippen molar-refractivity contribution in [2.75, 3.05) is 33.2 Å². The second kappa shape index (κ2) is 5.52. The van der Waals surface area contributed by atoms with Gasteiger partial charge in [-0.25, -0.2) is 0 Å². The average Bonchev–Trinajstić information content (AvgIpc) is 2.73. The van der Waals surface area contributed by atoms with Crippen LogP contribution >= 0.6 is 0 Å². The van der Waals surface area contributed by atoms with Crippen molar-refractivity contribution in [2.24, 2.45) is 0 Å². The minimum absolute atomic E-state index is 0.0495. The van der Waals surface area contributed by atoms with E-state index in [0.717, 1.165) is 38.3 Å². The lowest BCUT2D eigenvalue weighted by atomic mass is 10.1. The van der Waals surface area contributed by atoms with Gasteiger partial charge in [-0.2, -0.15) is 5.10 Å². The first-order chi connectivity index (χ1) is 8.58. The van der Waals surface area contributed by atoms with Crippen molar-refractivity contribution in [3.05, 3.63) is 17.5 Å². The molecule has 0 spiro atoms. The maximum Gasteiger partial charge on any atom is 0.274 e. The highest BCUT2D eigenvalue weighted by Gasteiger charge is 2.21. The van der Waals surface area contributed by atoms with Gasteiger partial charge in [-0.1, -0.05) is 13.8 Å². The number of hydrogen-bond acceptors (Lipinski definition) is 3. The fourth-order valence-corrected chi connectivity index (χ4v) is 2.15. The van der Waals surface area contributed by atoms with Crippen LogP contribution in [0, 0.1) is 0 Å². The number of amides is 1. The molecule has 0 aliphatic carbocycles. The number of likely N-dealkylation sites (N-methyl/N-ethyl adjacent to an activating group) is 1. The monoisotopic (exact) mass is 250 g/mol. The quantitative estimate of drug-likeness (QED) is 0.861. The normalized spacial score (nSPS) is 18.1. The maximum absolute atomic E-state index is 12.3. The van der Waals surface area contributed by atoms with Crippen molar-refractivity contribution >= 4 is 5.91 Å². The zero-order valence-corrected chi connectivity index (χ0v) is 11.4. The summed E-state index contributed by atoms with van der Waals surface area (Å²) in [5.74, 6) is 0.419. The summed E-state index contributed by atoms with van der Waals surface area (Å²) in [6, 6.07) is 1.88. The number of rotatable bonds is 2. The standard InChI is InChI=1S/C13H22N4O/c1-10(2)11-9-12(15-14-11)13(18)17-6-4-5-16(3)7-8-17/h9-10H,4-8H2,1-3H3,(H,14,15). The van der Waals surface area contributed by atoms with Crippen LogP contribution in [0.1, 0.15) is 42.4 Å². The highest BCUT2D eigenvalue weighted by atomic mass is 16.2. The zero-order valence-electron chi connectivity index (χ0n) is 11.4. The maximum atomic E-state index is 12.3. The second-order valence-electron chi connectivity index (χ2n) is 5.31. The minimum Gasteiger partial charge on any atom is -0.336 e. The van der Waals surface area contributed by atoms with Crippen molar-refractivity contribution in [3.63, 3.8) is 0 Å². The molecule has 18 heavy (non-hydrogen) atoms. The van der Waals surface area contributed by atoms with E-state index >= 15 is 0 Å². The van der Waals surface area contributed by atoms with Crippen molar-refractivity contribution < 1.29 is 4.79 Å². The van der Waals surface area contributed by atoms with Gasteiger partial charge in [0.1, 0.15) is 5.69 Å². The first-order valence-electron chi connectivity index (χ1n) is 6.61. The topological polar surface area (TPSA) is 52.2 Å². The van der Waals surface area contributed by atoms with E-state index in [9.17, 15) is 4.79 Å². The van der Waals surface area contributed by atoms with E-state index in [1.807, 2.05) is 11.0 Å². The van der Waals surface area contributed by atoms with E-state index in [4.69, 9.17) is 0 Å². The van der Waals surface area contributed by atoms with Gasteiger partial charge in [-0.15, -0.1) is 0 Å². The summed E-state index contributed by atoms with van der Waals surface area (Å²) in [5, 5.41) is 7.07. The molecule has 1 aliphatic rings. The number of carbonyl (C=O) groups excluding carboxylic acids is 1. The molecule has 2 rings (SSSR count). The summed E-state index contributed by atoms with van der Waals surface area (Å²) in [4.78, 5) is 16.5. The lowest BCUT2D eigenvalue weighted by molar-refractivity contribution is 0.0757. The van der Waals surface area contributed by atoms with Crippen LogP contribution in [0.15, 0.2) is 6.07 Å². The summed E-state index contributed by atoms with van der Waals surface area (Å²) >= 11 is 0. The fourth-order valence-electron chi connectivity index (χ4n) is 2.15. The zero-order chi connectivity index (χ0) is 13.1. The van der Waals surface area contributed by atoms with E-state index in [2.05, 4.69) is 36.0 Å². The predicted octanol–water partition coefficient (Wildman–Crippen LogP) is 1.31. The Labute approximate surface area is 108 Å². The molecule has 1 N–H and O–H groups in total. The van der Waals surface area contributed by atoms with Crippen LogP contribution in [0.3, 0.4) is 0 Å². The van der Waals surface area contributed by atoms with E-state index in [-0.39, 0.29) is 5.91 Å². The predicted molar refractivity (Wildman–Crippen MR) is 70.7 cm³/mol.